The molecule has 1 saturated heterocycles. The van der Waals surface area contributed by atoms with E-state index < -0.39 is 5.54 Å². The molecule has 11 heavy (non-hydrogen) atoms. The maximum atomic E-state index is 11.5. The minimum atomic E-state index is -0.686. The Hall–Kier alpha value is -0.410. The Morgan fingerprint density at radius 3 is 2.64 bits per heavy atom. The van der Waals surface area contributed by atoms with Gasteiger partial charge in [0.05, 0.1) is 6.61 Å². The molecule has 0 bridgehead atoms. The highest BCUT2D eigenvalue weighted by atomic mass is 16.5. The van der Waals surface area contributed by atoms with Gasteiger partial charge in [0.25, 0.3) is 0 Å². The molecule has 1 aliphatic heterocycles. The van der Waals surface area contributed by atoms with Gasteiger partial charge in [0, 0.05) is 12.5 Å². The third-order valence-corrected chi connectivity index (χ3v) is 2.07. The molecule has 0 aromatic carbocycles. The summed E-state index contributed by atoms with van der Waals surface area (Å²) < 4.78 is 5.09. The molecular weight excluding hydrogens is 142 g/mol. The van der Waals surface area contributed by atoms with E-state index >= 15 is 0 Å². The summed E-state index contributed by atoms with van der Waals surface area (Å²) >= 11 is 0. The smallest absolute Gasteiger partial charge is 0.157 e. The fourth-order valence-corrected chi connectivity index (χ4v) is 1.35. The van der Waals surface area contributed by atoms with E-state index in [4.69, 9.17) is 10.5 Å². The van der Waals surface area contributed by atoms with Crippen LogP contribution in [0.4, 0.5) is 0 Å². The van der Waals surface area contributed by atoms with Gasteiger partial charge in [-0.05, 0) is 6.42 Å². The van der Waals surface area contributed by atoms with Crippen LogP contribution in [-0.4, -0.2) is 24.5 Å². The standard InChI is InChI=1S/C8H15NO2/c1-6(2)7(10)8(9)3-4-11-5-8/h6H,3-5,9H2,1-2H3. The average molecular weight is 157 g/mol. The van der Waals surface area contributed by atoms with Crippen LogP contribution in [0.3, 0.4) is 0 Å². The Morgan fingerprint density at radius 1 is 1.64 bits per heavy atom. The highest BCUT2D eigenvalue weighted by molar-refractivity contribution is 5.90. The number of carbonyl (C=O) groups is 1. The number of ether oxygens (including phenoxy) is 1. The van der Waals surface area contributed by atoms with E-state index in [1.165, 1.54) is 0 Å². The van der Waals surface area contributed by atoms with Crippen molar-refractivity contribution < 1.29 is 9.53 Å². The molecule has 1 heterocycles. The number of hydrogen-bond acceptors (Lipinski definition) is 3. The van der Waals surface area contributed by atoms with E-state index in [2.05, 4.69) is 0 Å². The molecule has 0 amide bonds. The first-order chi connectivity index (χ1) is 5.06. The molecule has 0 radical (unpaired) electrons. The van der Waals surface area contributed by atoms with Crippen molar-refractivity contribution in [2.24, 2.45) is 11.7 Å². The molecule has 1 atom stereocenters. The van der Waals surface area contributed by atoms with Crippen LogP contribution in [0.25, 0.3) is 0 Å². The predicted octanol–water partition coefficient (Wildman–Crippen LogP) is 0.329. The number of carbonyl (C=O) groups excluding carboxylic acids is 1. The van der Waals surface area contributed by atoms with Crippen molar-refractivity contribution in [3.05, 3.63) is 0 Å². The highest BCUT2D eigenvalue weighted by Crippen LogP contribution is 2.19. The molecule has 3 heteroatoms. The lowest BCUT2D eigenvalue weighted by molar-refractivity contribution is -0.127. The van der Waals surface area contributed by atoms with E-state index in [9.17, 15) is 4.79 Å². The molecule has 1 rings (SSSR count). The lowest BCUT2D eigenvalue weighted by atomic mass is 9.88. The zero-order chi connectivity index (χ0) is 8.48. The summed E-state index contributed by atoms with van der Waals surface area (Å²) in [6, 6.07) is 0. The zero-order valence-electron chi connectivity index (χ0n) is 7.09. The minimum absolute atomic E-state index is 0.0155. The van der Waals surface area contributed by atoms with Gasteiger partial charge in [0.15, 0.2) is 5.78 Å². The Labute approximate surface area is 66.9 Å². The number of nitrogens with two attached hydrogens (primary N) is 1. The first-order valence-electron chi connectivity index (χ1n) is 3.97. The Balaban J connectivity index is 2.64. The van der Waals surface area contributed by atoms with Crippen LogP contribution in [0.1, 0.15) is 20.3 Å². The van der Waals surface area contributed by atoms with Crippen LogP contribution >= 0.6 is 0 Å². The molecule has 2 N–H and O–H groups in total. The molecule has 0 spiro atoms. The normalized spacial score (nSPS) is 31.3. The van der Waals surface area contributed by atoms with Gasteiger partial charge in [0.2, 0.25) is 0 Å². The van der Waals surface area contributed by atoms with Crippen molar-refractivity contribution in [2.45, 2.75) is 25.8 Å². The van der Waals surface area contributed by atoms with Gasteiger partial charge in [-0.25, -0.2) is 0 Å². The second-order valence-electron chi connectivity index (χ2n) is 3.48. The third-order valence-electron chi connectivity index (χ3n) is 2.07. The largest absolute Gasteiger partial charge is 0.379 e. The van der Waals surface area contributed by atoms with Gasteiger partial charge in [-0.2, -0.15) is 0 Å². The van der Waals surface area contributed by atoms with Gasteiger partial charge in [-0.3, -0.25) is 4.79 Å². The van der Waals surface area contributed by atoms with Crippen molar-refractivity contribution in [1.29, 1.82) is 0 Å². The summed E-state index contributed by atoms with van der Waals surface area (Å²) in [6.45, 7) is 4.75. The van der Waals surface area contributed by atoms with Crippen molar-refractivity contribution in [2.75, 3.05) is 13.2 Å². The van der Waals surface area contributed by atoms with Crippen molar-refractivity contribution in [3.8, 4) is 0 Å². The summed E-state index contributed by atoms with van der Waals surface area (Å²) in [7, 11) is 0. The summed E-state index contributed by atoms with van der Waals surface area (Å²) in [6.07, 6.45) is 0.671. The van der Waals surface area contributed by atoms with Crippen LogP contribution in [0.5, 0.6) is 0 Å². The number of hydrogen-bond donors (Lipinski definition) is 1. The number of rotatable bonds is 2. The number of ketones is 1. The lowest BCUT2D eigenvalue weighted by Gasteiger charge is -2.21. The zero-order valence-corrected chi connectivity index (χ0v) is 7.09. The van der Waals surface area contributed by atoms with Crippen molar-refractivity contribution in [1.82, 2.24) is 0 Å². The molecular formula is C8H15NO2. The van der Waals surface area contributed by atoms with E-state index in [0.29, 0.717) is 19.6 Å². The van der Waals surface area contributed by atoms with Gasteiger partial charge in [-0.1, -0.05) is 13.8 Å². The second-order valence-corrected chi connectivity index (χ2v) is 3.48. The maximum Gasteiger partial charge on any atom is 0.157 e. The molecule has 0 saturated carbocycles. The molecule has 1 fully saturated rings. The minimum Gasteiger partial charge on any atom is -0.379 e. The SMILES string of the molecule is CC(C)C(=O)C1(N)CCOC1. The monoisotopic (exact) mass is 157 g/mol. The van der Waals surface area contributed by atoms with E-state index in [1.807, 2.05) is 13.8 Å². The second kappa shape index (κ2) is 2.91. The maximum absolute atomic E-state index is 11.5. The average Bonchev–Trinajstić information content (AvgIpc) is 2.35. The van der Waals surface area contributed by atoms with Gasteiger partial charge < -0.3 is 10.5 Å². The lowest BCUT2D eigenvalue weighted by Crippen LogP contribution is -2.50. The van der Waals surface area contributed by atoms with Crippen LogP contribution in [0.2, 0.25) is 0 Å². The van der Waals surface area contributed by atoms with E-state index in [1.54, 1.807) is 0 Å². The molecule has 0 aliphatic carbocycles. The van der Waals surface area contributed by atoms with Gasteiger partial charge >= 0.3 is 0 Å². The molecule has 0 aromatic rings. The summed E-state index contributed by atoms with van der Waals surface area (Å²) in [5.74, 6) is 0.136. The first-order valence-corrected chi connectivity index (χ1v) is 3.97. The fraction of sp³-hybridized carbons (Fsp3) is 0.875. The van der Waals surface area contributed by atoms with Crippen LogP contribution in [-0.2, 0) is 9.53 Å². The predicted molar refractivity (Wildman–Crippen MR) is 42.2 cm³/mol. The van der Waals surface area contributed by atoms with E-state index in [0.717, 1.165) is 0 Å². The topological polar surface area (TPSA) is 52.3 Å². The Morgan fingerprint density at radius 2 is 2.27 bits per heavy atom. The summed E-state index contributed by atoms with van der Waals surface area (Å²) in [4.78, 5) is 11.5. The molecule has 64 valence electrons. The Bertz CT molecular complexity index is 159. The molecule has 0 aromatic heterocycles. The van der Waals surface area contributed by atoms with Crippen LogP contribution < -0.4 is 5.73 Å². The Kier molecular flexibility index (Phi) is 2.30. The molecule has 1 aliphatic rings. The van der Waals surface area contributed by atoms with Crippen molar-refractivity contribution >= 4 is 5.78 Å². The van der Waals surface area contributed by atoms with Crippen LogP contribution in [0, 0.1) is 5.92 Å². The van der Waals surface area contributed by atoms with Crippen molar-refractivity contribution in [3.63, 3.8) is 0 Å². The van der Waals surface area contributed by atoms with Crippen LogP contribution in [0.15, 0.2) is 0 Å². The first kappa shape index (κ1) is 8.68. The van der Waals surface area contributed by atoms with Gasteiger partial charge in [0.1, 0.15) is 5.54 Å². The molecule has 3 nitrogen and oxygen atoms in total. The van der Waals surface area contributed by atoms with Gasteiger partial charge in [-0.15, -0.1) is 0 Å². The highest BCUT2D eigenvalue weighted by Gasteiger charge is 2.38. The number of Topliss-reactive ketones (excluding diaryl/α,β-unsaturated/α-hetero) is 1. The fourth-order valence-electron chi connectivity index (χ4n) is 1.35. The summed E-state index contributed by atoms with van der Waals surface area (Å²) in [5, 5.41) is 0. The van der Waals surface area contributed by atoms with E-state index in [-0.39, 0.29) is 11.7 Å². The summed E-state index contributed by atoms with van der Waals surface area (Å²) in [5.41, 5.74) is 5.14. The third kappa shape index (κ3) is 1.60. The quantitative estimate of drug-likeness (QED) is 0.628. The molecule has 1 unspecified atom stereocenters.